The molecule has 0 bridgehead atoms. The molecule has 0 atom stereocenters. The van der Waals surface area contributed by atoms with Crippen molar-refractivity contribution in [2.45, 2.75) is 56.4 Å². The zero-order valence-corrected chi connectivity index (χ0v) is 11.0. The minimum Gasteiger partial charge on any atom is -0.281 e. The smallest absolute Gasteiger partial charge is 0.244 e. The van der Waals surface area contributed by atoms with E-state index in [2.05, 4.69) is 14.9 Å². The molecule has 17 heavy (non-hydrogen) atoms. The van der Waals surface area contributed by atoms with Gasteiger partial charge in [0.15, 0.2) is 0 Å². The molecule has 1 aromatic heterocycles. The minimum absolute atomic E-state index is 0.0925. The van der Waals surface area contributed by atoms with Gasteiger partial charge in [-0.05, 0) is 18.8 Å². The van der Waals surface area contributed by atoms with E-state index in [1.165, 1.54) is 6.20 Å². The van der Waals surface area contributed by atoms with Crippen molar-refractivity contribution in [3.8, 4) is 0 Å². The van der Waals surface area contributed by atoms with Crippen LogP contribution in [0.15, 0.2) is 11.1 Å². The highest BCUT2D eigenvalue weighted by atomic mass is 32.2. The van der Waals surface area contributed by atoms with Gasteiger partial charge in [0, 0.05) is 6.04 Å². The molecule has 2 rings (SSSR count). The molecule has 0 saturated heterocycles. The monoisotopic (exact) mass is 257 g/mol. The normalized spacial score (nSPS) is 18.1. The van der Waals surface area contributed by atoms with Crippen molar-refractivity contribution in [3.05, 3.63) is 11.9 Å². The minimum atomic E-state index is -3.42. The van der Waals surface area contributed by atoms with E-state index in [1.807, 2.05) is 13.8 Å². The average Bonchev–Trinajstić information content (AvgIpc) is 2.84. The van der Waals surface area contributed by atoms with E-state index in [1.54, 1.807) is 0 Å². The highest BCUT2D eigenvalue weighted by molar-refractivity contribution is 7.89. The van der Waals surface area contributed by atoms with Crippen LogP contribution < -0.4 is 4.72 Å². The summed E-state index contributed by atoms with van der Waals surface area (Å²) >= 11 is 0. The van der Waals surface area contributed by atoms with Crippen molar-refractivity contribution in [2.75, 3.05) is 0 Å². The van der Waals surface area contributed by atoms with Crippen molar-refractivity contribution in [1.82, 2.24) is 14.9 Å². The number of H-pyrrole nitrogens is 1. The number of nitrogens with one attached hydrogen (secondary N) is 2. The highest BCUT2D eigenvalue weighted by Crippen LogP contribution is 2.24. The lowest BCUT2D eigenvalue weighted by Crippen LogP contribution is -2.33. The number of nitrogens with zero attached hydrogens (tertiary/aromatic N) is 1. The summed E-state index contributed by atoms with van der Waals surface area (Å²) in [5.41, 5.74) is 0.676. The van der Waals surface area contributed by atoms with Crippen molar-refractivity contribution in [2.24, 2.45) is 0 Å². The molecule has 0 radical (unpaired) electrons. The molecule has 0 aliphatic heterocycles. The molecule has 1 saturated carbocycles. The predicted molar refractivity (Wildman–Crippen MR) is 65.3 cm³/mol. The number of rotatable bonds is 4. The third kappa shape index (κ3) is 2.69. The van der Waals surface area contributed by atoms with Gasteiger partial charge in [-0.15, -0.1) is 0 Å². The summed E-state index contributed by atoms with van der Waals surface area (Å²) in [5, 5.41) is 6.61. The summed E-state index contributed by atoms with van der Waals surface area (Å²) in [5.74, 6) is 0.118. The molecule has 0 spiro atoms. The lowest BCUT2D eigenvalue weighted by Gasteiger charge is -2.13. The summed E-state index contributed by atoms with van der Waals surface area (Å²) in [4.78, 5) is 0.291. The predicted octanol–water partition coefficient (Wildman–Crippen LogP) is 1.75. The SMILES string of the molecule is CC(C)c1[nH]ncc1S(=O)(=O)NC1CCCC1. The third-order valence-corrected chi connectivity index (χ3v) is 4.72. The Kier molecular flexibility index (Phi) is 3.53. The van der Waals surface area contributed by atoms with Gasteiger partial charge in [-0.2, -0.15) is 5.10 Å². The van der Waals surface area contributed by atoms with Crippen LogP contribution in [0.2, 0.25) is 0 Å². The first-order valence-electron chi connectivity index (χ1n) is 6.06. The molecule has 0 amide bonds. The van der Waals surface area contributed by atoms with Gasteiger partial charge < -0.3 is 0 Å². The van der Waals surface area contributed by atoms with Gasteiger partial charge >= 0.3 is 0 Å². The molecule has 1 aromatic rings. The second-order valence-electron chi connectivity index (χ2n) is 4.91. The molecule has 96 valence electrons. The Bertz CT molecular complexity index is 473. The Hall–Kier alpha value is -0.880. The summed E-state index contributed by atoms with van der Waals surface area (Å²) in [7, 11) is -3.42. The summed E-state index contributed by atoms with van der Waals surface area (Å²) in [6.45, 7) is 3.89. The number of hydrogen-bond donors (Lipinski definition) is 2. The van der Waals surface area contributed by atoms with Gasteiger partial charge in [-0.25, -0.2) is 13.1 Å². The second-order valence-corrected chi connectivity index (χ2v) is 6.59. The summed E-state index contributed by atoms with van der Waals surface area (Å²) in [6, 6.07) is 0.0925. The Morgan fingerprint density at radius 2 is 2.06 bits per heavy atom. The van der Waals surface area contributed by atoms with Gasteiger partial charge in [0.1, 0.15) is 4.90 Å². The van der Waals surface area contributed by atoms with Crippen LogP contribution in [0.3, 0.4) is 0 Å². The molecule has 1 aliphatic carbocycles. The maximum atomic E-state index is 12.2. The zero-order valence-electron chi connectivity index (χ0n) is 10.2. The van der Waals surface area contributed by atoms with E-state index in [0.717, 1.165) is 25.7 Å². The molecule has 1 fully saturated rings. The van der Waals surface area contributed by atoms with Gasteiger partial charge in [-0.3, -0.25) is 5.10 Å². The first-order valence-corrected chi connectivity index (χ1v) is 7.54. The zero-order chi connectivity index (χ0) is 12.5. The van der Waals surface area contributed by atoms with Crippen LogP contribution in [-0.4, -0.2) is 24.7 Å². The van der Waals surface area contributed by atoms with Crippen LogP contribution in [0.25, 0.3) is 0 Å². The number of aromatic nitrogens is 2. The Morgan fingerprint density at radius 1 is 1.41 bits per heavy atom. The first kappa shape index (κ1) is 12.6. The molecule has 0 unspecified atom stereocenters. The van der Waals surface area contributed by atoms with Crippen molar-refractivity contribution in [1.29, 1.82) is 0 Å². The summed E-state index contributed by atoms with van der Waals surface area (Å²) in [6.07, 6.45) is 5.49. The average molecular weight is 257 g/mol. The molecule has 1 aliphatic rings. The lowest BCUT2D eigenvalue weighted by atomic mass is 10.1. The topological polar surface area (TPSA) is 74.8 Å². The maximum Gasteiger partial charge on any atom is 0.244 e. The Labute approximate surface area is 102 Å². The largest absolute Gasteiger partial charge is 0.281 e. The van der Waals surface area contributed by atoms with Gasteiger partial charge in [0.25, 0.3) is 0 Å². The number of sulfonamides is 1. The fourth-order valence-corrected chi connectivity index (χ4v) is 3.80. The van der Waals surface area contributed by atoms with Crippen LogP contribution in [0.4, 0.5) is 0 Å². The molecular formula is C11H19N3O2S. The third-order valence-electron chi connectivity index (χ3n) is 3.18. The van der Waals surface area contributed by atoms with Crippen LogP contribution in [0, 0.1) is 0 Å². The Balaban J connectivity index is 2.21. The van der Waals surface area contributed by atoms with Gasteiger partial charge in [0.05, 0.1) is 11.9 Å². The molecule has 0 aromatic carbocycles. The van der Waals surface area contributed by atoms with E-state index < -0.39 is 10.0 Å². The van der Waals surface area contributed by atoms with E-state index in [-0.39, 0.29) is 12.0 Å². The molecular weight excluding hydrogens is 238 g/mol. The second kappa shape index (κ2) is 4.78. The fourth-order valence-electron chi connectivity index (χ4n) is 2.24. The number of aromatic amines is 1. The van der Waals surface area contributed by atoms with Gasteiger partial charge in [0.2, 0.25) is 10.0 Å². The van der Waals surface area contributed by atoms with E-state index >= 15 is 0 Å². The van der Waals surface area contributed by atoms with Crippen LogP contribution in [-0.2, 0) is 10.0 Å². The quantitative estimate of drug-likeness (QED) is 0.863. The summed E-state index contributed by atoms with van der Waals surface area (Å²) < 4.78 is 27.2. The standard InChI is InChI=1S/C11H19N3O2S/c1-8(2)11-10(7-12-13-11)17(15,16)14-9-5-3-4-6-9/h7-9,14H,3-6H2,1-2H3,(H,12,13). The van der Waals surface area contributed by atoms with E-state index in [0.29, 0.717) is 10.6 Å². The van der Waals surface area contributed by atoms with Gasteiger partial charge in [-0.1, -0.05) is 26.7 Å². The highest BCUT2D eigenvalue weighted by Gasteiger charge is 2.26. The maximum absolute atomic E-state index is 12.2. The van der Waals surface area contributed by atoms with E-state index in [4.69, 9.17) is 0 Å². The Morgan fingerprint density at radius 3 is 2.65 bits per heavy atom. The molecule has 1 heterocycles. The lowest BCUT2D eigenvalue weighted by molar-refractivity contribution is 0.550. The van der Waals surface area contributed by atoms with Crippen molar-refractivity contribution in [3.63, 3.8) is 0 Å². The first-order chi connectivity index (χ1) is 8.00. The van der Waals surface area contributed by atoms with Crippen molar-refractivity contribution >= 4 is 10.0 Å². The number of hydrogen-bond acceptors (Lipinski definition) is 3. The molecule has 6 heteroatoms. The molecule has 2 N–H and O–H groups in total. The van der Waals surface area contributed by atoms with Crippen LogP contribution in [0.1, 0.15) is 51.1 Å². The molecule has 5 nitrogen and oxygen atoms in total. The van der Waals surface area contributed by atoms with Crippen molar-refractivity contribution < 1.29 is 8.42 Å². The van der Waals surface area contributed by atoms with Crippen LogP contribution in [0.5, 0.6) is 0 Å². The van der Waals surface area contributed by atoms with Crippen LogP contribution >= 0.6 is 0 Å². The fraction of sp³-hybridized carbons (Fsp3) is 0.727. The van der Waals surface area contributed by atoms with E-state index in [9.17, 15) is 8.42 Å².